The van der Waals surface area contributed by atoms with Gasteiger partial charge in [0, 0.05) is 17.9 Å². The van der Waals surface area contributed by atoms with Crippen LogP contribution in [0.3, 0.4) is 0 Å². The van der Waals surface area contributed by atoms with Gasteiger partial charge in [-0.25, -0.2) is 0 Å². The van der Waals surface area contributed by atoms with Gasteiger partial charge >= 0.3 is 0 Å². The maximum absolute atomic E-state index is 11.7. The summed E-state index contributed by atoms with van der Waals surface area (Å²) < 4.78 is 5.32. The first-order chi connectivity index (χ1) is 10.2. The molecule has 0 aliphatic heterocycles. The predicted molar refractivity (Wildman–Crippen MR) is 79.9 cm³/mol. The molecule has 1 aromatic carbocycles. The van der Waals surface area contributed by atoms with E-state index in [9.17, 15) is 4.79 Å². The van der Waals surface area contributed by atoms with Crippen LogP contribution in [0.5, 0.6) is 0 Å². The molecule has 6 heteroatoms. The third kappa shape index (κ3) is 5.19. The van der Waals surface area contributed by atoms with Crippen LogP contribution in [0.4, 0.5) is 0 Å². The summed E-state index contributed by atoms with van der Waals surface area (Å²) in [4.78, 5) is 11.7. The van der Waals surface area contributed by atoms with E-state index >= 15 is 0 Å². The van der Waals surface area contributed by atoms with Crippen molar-refractivity contribution in [3.63, 3.8) is 0 Å². The fourth-order valence-electron chi connectivity index (χ4n) is 1.87. The molecular weight excluding hydrogens is 290 g/mol. The zero-order valence-electron chi connectivity index (χ0n) is 11.9. The quantitative estimate of drug-likeness (QED) is 0.854. The summed E-state index contributed by atoms with van der Waals surface area (Å²) in [6, 6.07) is 7.67. The van der Waals surface area contributed by atoms with Crippen molar-refractivity contribution in [2.24, 2.45) is 0 Å². The molecule has 5 nitrogen and oxygen atoms in total. The molecule has 2 rings (SSSR count). The van der Waals surface area contributed by atoms with Crippen molar-refractivity contribution < 1.29 is 9.21 Å². The molecule has 0 saturated carbocycles. The molecule has 2 aromatic rings. The van der Waals surface area contributed by atoms with Crippen LogP contribution in [0.1, 0.15) is 37.1 Å². The molecule has 1 amide bonds. The lowest BCUT2D eigenvalue weighted by atomic mass is 10.1. The highest BCUT2D eigenvalue weighted by molar-refractivity contribution is 6.30. The van der Waals surface area contributed by atoms with E-state index in [4.69, 9.17) is 16.0 Å². The van der Waals surface area contributed by atoms with E-state index in [2.05, 4.69) is 15.5 Å². The Morgan fingerprint density at radius 1 is 1.24 bits per heavy atom. The summed E-state index contributed by atoms with van der Waals surface area (Å²) in [5.41, 5.74) is 1.18. The van der Waals surface area contributed by atoms with Crippen LogP contribution in [0, 0.1) is 0 Å². The largest absolute Gasteiger partial charge is 0.423 e. The standard InChI is InChI=1S/C15H18ClN3O2/c1-2-14-18-19-15(21-14)10-17-13(20)5-3-4-11-6-8-12(16)9-7-11/h6-9H,2-5,10H2,1H3,(H,17,20). The van der Waals surface area contributed by atoms with Crippen LogP contribution in [-0.2, 0) is 24.2 Å². The van der Waals surface area contributed by atoms with E-state index < -0.39 is 0 Å². The van der Waals surface area contributed by atoms with E-state index in [0.29, 0.717) is 24.6 Å². The molecule has 1 heterocycles. The van der Waals surface area contributed by atoms with Gasteiger partial charge in [0.05, 0.1) is 6.54 Å². The topological polar surface area (TPSA) is 68.0 Å². The van der Waals surface area contributed by atoms with E-state index in [1.54, 1.807) is 0 Å². The lowest BCUT2D eigenvalue weighted by molar-refractivity contribution is -0.121. The number of carbonyl (C=O) groups excluding carboxylic acids is 1. The monoisotopic (exact) mass is 307 g/mol. The Bertz CT molecular complexity index is 581. The third-order valence-corrected chi connectivity index (χ3v) is 3.28. The molecule has 0 aliphatic rings. The van der Waals surface area contributed by atoms with E-state index in [0.717, 1.165) is 17.9 Å². The number of nitrogens with one attached hydrogen (secondary N) is 1. The van der Waals surface area contributed by atoms with Crippen molar-refractivity contribution >= 4 is 17.5 Å². The Hall–Kier alpha value is -1.88. The number of amides is 1. The summed E-state index contributed by atoms with van der Waals surface area (Å²) in [5, 5.41) is 11.2. The van der Waals surface area contributed by atoms with Crippen molar-refractivity contribution in [3.8, 4) is 0 Å². The first-order valence-electron chi connectivity index (χ1n) is 6.99. The minimum atomic E-state index is -0.0137. The number of hydrogen-bond donors (Lipinski definition) is 1. The number of rotatable bonds is 7. The molecule has 1 aromatic heterocycles. The maximum Gasteiger partial charge on any atom is 0.235 e. The van der Waals surface area contributed by atoms with E-state index in [1.165, 1.54) is 5.56 Å². The average molecular weight is 308 g/mol. The zero-order chi connectivity index (χ0) is 15.1. The van der Waals surface area contributed by atoms with Crippen LogP contribution in [0.15, 0.2) is 28.7 Å². The van der Waals surface area contributed by atoms with Gasteiger partial charge in [-0.15, -0.1) is 10.2 Å². The second-order valence-corrected chi connectivity index (χ2v) is 5.14. The number of nitrogens with zero attached hydrogens (tertiary/aromatic N) is 2. The second kappa shape index (κ2) is 7.78. The predicted octanol–water partition coefficient (Wildman–Crippen LogP) is 2.92. The van der Waals surface area contributed by atoms with Gasteiger partial charge in [0.15, 0.2) is 0 Å². The summed E-state index contributed by atoms with van der Waals surface area (Å²) in [6.45, 7) is 2.22. The molecule has 1 N–H and O–H groups in total. The van der Waals surface area contributed by atoms with Gasteiger partial charge in [-0.3, -0.25) is 4.79 Å². The van der Waals surface area contributed by atoms with E-state index in [1.807, 2.05) is 31.2 Å². The SMILES string of the molecule is CCc1nnc(CNC(=O)CCCc2ccc(Cl)cc2)o1. The van der Waals surface area contributed by atoms with Crippen LogP contribution in [0.25, 0.3) is 0 Å². The molecule has 0 unspecified atom stereocenters. The minimum Gasteiger partial charge on any atom is -0.423 e. The van der Waals surface area contributed by atoms with Gasteiger partial charge in [-0.2, -0.15) is 0 Å². The first kappa shape index (κ1) is 15.5. The second-order valence-electron chi connectivity index (χ2n) is 4.70. The van der Waals surface area contributed by atoms with E-state index in [-0.39, 0.29) is 12.5 Å². The Labute approximate surface area is 128 Å². The van der Waals surface area contributed by atoms with Gasteiger partial charge < -0.3 is 9.73 Å². The number of halogens is 1. The minimum absolute atomic E-state index is 0.0137. The maximum atomic E-state index is 11.7. The van der Waals surface area contributed by atoms with Gasteiger partial charge in [0.25, 0.3) is 0 Å². The number of aryl methyl sites for hydroxylation is 2. The Kier molecular flexibility index (Phi) is 5.75. The zero-order valence-corrected chi connectivity index (χ0v) is 12.7. The fourth-order valence-corrected chi connectivity index (χ4v) is 2.00. The van der Waals surface area contributed by atoms with Crippen LogP contribution in [0.2, 0.25) is 5.02 Å². The summed E-state index contributed by atoms with van der Waals surface area (Å²) in [7, 11) is 0. The number of benzene rings is 1. The lowest BCUT2D eigenvalue weighted by Gasteiger charge is -2.03. The molecule has 112 valence electrons. The van der Waals surface area contributed by atoms with Crippen molar-refractivity contribution in [2.45, 2.75) is 39.2 Å². The van der Waals surface area contributed by atoms with Crippen molar-refractivity contribution in [1.29, 1.82) is 0 Å². The Morgan fingerprint density at radius 2 is 1.95 bits per heavy atom. The van der Waals surface area contributed by atoms with Gasteiger partial charge in [0.1, 0.15) is 0 Å². The molecule has 0 spiro atoms. The summed E-state index contributed by atoms with van der Waals surface area (Å²) in [6.07, 6.45) is 2.81. The molecule has 0 bridgehead atoms. The highest BCUT2D eigenvalue weighted by Gasteiger charge is 2.06. The third-order valence-electron chi connectivity index (χ3n) is 3.03. The highest BCUT2D eigenvalue weighted by atomic mass is 35.5. The van der Waals surface area contributed by atoms with Gasteiger partial charge in [-0.05, 0) is 30.5 Å². The van der Waals surface area contributed by atoms with Crippen LogP contribution in [-0.4, -0.2) is 16.1 Å². The molecule has 0 fully saturated rings. The van der Waals surface area contributed by atoms with Crippen LogP contribution < -0.4 is 5.32 Å². The van der Waals surface area contributed by atoms with Crippen molar-refractivity contribution in [3.05, 3.63) is 46.6 Å². The van der Waals surface area contributed by atoms with Gasteiger partial charge in [-0.1, -0.05) is 30.7 Å². The van der Waals surface area contributed by atoms with Gasteiger partial charge in [0.2, 0.25) is 17.7 Å². The average Bonchev–Trinajstić information content (AvgIpc) is 2.95. The van der Waals surface area contributed by atoms with Crippen LogP contribution >= 0.6 is 11.6 Å². The Balaban J connectivity index is 1.66. The lowest BCUT2D eigenvalue weighted by Crippen LogP contribution is -2.22. The smallest absolute Gasteiger partial charge is 0.235 e. The molecule has 0 radical (unpaired) electrons. The molecule has 0 atom stereocenters. The van der Waals surface area contributed by atoms with Crippen molar-refractivity contribution in [1.82, 2.24) is 15.5 Å². The molecule has 0 saturated heterocycles. The number of aromatic nitrogens is 2. The molecule has 0 aliphatic carbocycles. The highest BCUT2D eigenvalue weighted by Crippen LogP contribution is 2.11. The molecule has 21 heavy (non-hydrogen) atoms. The summed E-state index contributed by atoms with van der Waals surface area (Å²) >= 11 is 5.82. The number of carbonyl (C=O) groups is 1. The molecular formula is C15H18ClN3O2. The summed E-state index contributed by atoms with van der Waals surface area (Å²) in [5.74, 6) is 1.01. The number of hydrogen-bond acceptors (Lipinski definition) is 4. The normalized spacial score (nSPS) is 10.6. The van der Waals surface area contributed by atoms with Crippen molar-refractivity contribution in [2.75, 3.05) is 0 Å². The first-order valence-corrected chi connectivity index (χ1v) is 7.37. The Morgan fingerprint density at radius 3 is 2.62 bits per heavy atom. The fraction of sp³-hybridized carbons (Fsp3) is 0.400.